The number of carbonyl (C=O) groups is 1. The number of pyridine rings is 1. The van der Waals surface area contributed by atoms with Crippen molar-refractivity contribution in [2.45, 2.75) is 40.3 Å². The summed E-state index contributed by atoms with van der Waals surface area (Å²) in [6, 6.07) is 11.1. The smallest absolute Gasteiger partial charge is 0.369 e. The normalized spacial score (nSPS) is 11.5. The molecular formula is C23H28Cl2N2O7S. The largest absolute Gasteiger partial charge is 0.394 e. The molecule has 0 aliphatic carbocycles. The van der Waals surface area contributed by atoms with E-state index in [1.54, 1.807) is 19.2 Å². The zero-order valence-corrected chi connectivity index (χ0v) is 22.0. The summed E-state index contributed by atoms with van der Waals surface area (Å²) < 4.78 is 36.8. The van der Waals surface area contributed by atoms with Crippen LogP contribution < -0.4 is 10.9 Å². The second-order valence-corrected chi connectivity index (χ2v) is 8.96. The molecule has 9 nitrogen and oxygen atoms in total. The van der Waals surface area contributed by atoms with E-state index in [9.17, 15) is 9.59 Å². The van der Waals surface area contributed by atoms with Crippen LogP contribution in [0.3, 0.4) is 0 Å². The second-order valence-electron chi connectivity index (χ2n) is 7.31. The fourth-order valence-electron chi connectivity index (χ4n) is 2.81. The molecule has 0 spiro atoms. The number of ether oxygens (including phenoxy) is 1. The van der Waals surface area contributed by atoms with Crippen molar-refractivity contribution in [2.75, 3.05) is 6.61 Å². The Morgan fingerprint density at radius 1 is 1.11 bits per heavy atom. The van der Waals surface area contributed by atoms with Gasteiger partial charge in [0.05, 0.1) is 5.02 Å². The van der Waals surface area contributed by atoms with Gasteiger partial charge in [-0.15, -0.1) is 0 Å². The lowest BCUT2D eigenvalue weighted by molar-refractivity contribution is -0.131. The van der Waals surface area contributed by atoms with Crippen molar-refractivity contribution >= 4 is 50.3 Å². The summed E-state index contributed by atoms with van der Waals surface area (Å²) >= 11 is 12.2. The van der Waals surface area contributed by atoms with Crippen LogP contribution in [0.15, 0.2) is 47.4 Å². The Morgan fingerprint density at radius 3 is 2.31 bits per heavy atom. The molecule has 1 unspecified atom stereocenters. The van der Waals surface area contributed by atoms with Gasteiger partial charge in [-0.1, -0.05) is 53.5 Å². The summed E-state index contributed by atoms with van der Waals surface area (Å²) in [6.07, 6.45) is 1.22. The average molecular weight is 547 g/mol. The van der Waals surface area contributed by atoms with E-state index in [0.29, 0.717) is 23.2 Å². The highest BCUT2D eigenvalue weighted by Crippen LogP contribution is 2.24. The lowest BCUT2D eigenvalue weighted by Gasteiger charge is -2.13. The van der Waals surface area contributed by atoms with Gasteiger partial charge in [-0.3, -0.25) is 18.7 Å². The van der Waals surface area contributed by atoms with E-state index in [0.717, 1.165) is 27.5 Å². The highest BCUT2D eigenvalue weighted by molar-refractivity contribution is 7.79. The van der Waals surface area contributed by atoms with Crippen molar-refractivity contribution in [2.24, 2.45) is 0 Å². The van der Waals surface area contributed by atoms with Crippen molar-refractivity contribution in [1.82, 2.24) is 10.3 Å². The van der Waals surface area contributed by atoms with Gasteiger partial charge in [-0.25, -0.2) is 0 Å². The maximum Gasteiger partial charge on any atom is 0.394 e. The van der Waals surface area contributed by atoms with E-state index < -0.39 is 16.5 Å². The molecule has 1 amide bonds. The number of aryl methyl sites for hydroxylation is 2. The molecule has 12 heteroatoms. The van der Waals surface area contributed by atoms with Gasteiger partial charge in [0.25, 0.3) is 0 Å². The van der Waals surface area contributed by atoms with Crippen LogP contribution in [0.1, 0.15) is 30.5 Å². The number of fused-ring (bicyclic) bond motifs is 1. The van der Waals surface area contributed by atoms with Crippen LogP contribution in [0, 0.1) is 13.8 Å². The van der Waals surface area contributed by atoms with Gasteiger partial charge in [0.1, 0.15) is 6.10 Å². The minimum Gasteiger partial charge on any atom is -0.369 e. The topological polar surface area (TPSA) is 146 Å². The summed E-state index contributed by atoms with van der Waals surface area (Å²) in [5.74, 6) is -0.121. The summed E-state index contributed by atoms with van der Waals surface area (Å²) in [6.45, 7) is 8.43. The van der Waals surface area contributed by atoms with Gasteiger partial charge >= 0.3 is 10.4 Å². The average Bonchev–Trinajstić information content (AvgIpc) is 2.76. The van der Waals surface area contributed by atoms with Crippen molar-refractivity contribution < 1.29 is 27.1 Å². The van der Waals surface area contributed by atoms with E-state index in [4.69, 9.17) is 45.5 Å². The van der Waals surface area contributed by atoms with Crippen LogP contribution in [0.5, 0.6) is 0 Å². The number of nitrogens with one attached hydrogen (secondary N) is 2. The Balaban J connectivity index is 0.000000300. The highest BCUT2D eigenvalue weighted by atomic mass is 35.5. The molecule has 0 fully saturated rings. The minimum atomic E-state index is -4.67. The van der Waals surface area contributed by atoms with Gasteiger partial charge < -0.3 is 15.0 Å². The highest BCUT2D eigenvalue weighted by Gasteiger charge is 2.12. The summed E-state index contributed by atoms with van der Waals surface area (Å²) in [5, 5.41) is 5.98. The van der Waals surface area contributed by atoms with E-state index in [-0.39, 0.29) is 11.5 Å². The Kier molecular flexibility index (Phi) is 12.4. The number of halogens is 2. The van der Waals surface area contributed by atoms with Crippen LogP contribution >= 0.6 is 23.2 Å². The molecule has 4 N–H and O–H groups in total. The number of benzene rings is 2. The van der Waals surface area contributed by atoms with Crippen molar-refractivity contribution in [1.29, 1.82) is 0 Å². The number of rotatable bonds is 5. The molecular weight excluding hydrogens is 519 g/mol. The maximum atomic E-state index is 11.6. The zero-order valence-electron chi connectivity index (χ0n) is 19.6. The summed E-state index contributed by atoms with van der Waals surface area (Å²) in [7, 11) is -4.67. The molecule has 0 saturated carbocycles. The Bertz CT molecular complexity index is 1300. The molecule has 0 aliphatic heterocycles. The quantitative estimate of drug-likeness (QED) is 0.344. The van der Waals surface area contributed by atoms with Crippen LogP contribution in [-0.2, 0) is 26.5 Å². The summed E-state index contributed by atoms with van der Waals surface area (Å²) in [4.78, 5) is 25.2. The van der Waals surface area contributed by atoms with Gasteiger partial charge in [-0.05, 0) is 49.8 Å². The van der Waals surface area contributed by atoms with Crippen molar-refractivity contribution in [3.05, 3.63) is 79.7 Å². The third-order valence-electron chi connectivity index (χ3n) is 4.56. The molecule has 1 heterocycles. The monoisotopic (exact) mass is 546 g/mol. The first-order valence-electron chi connectivity index (χ1n) is 10.3. The van der Waals surface area contributed by atoms with E-state index in [2.05, 4.69) is 10.3 Å². The molecule has 1 atom stereocenters. The molecule has 2 aromatic carbocycles. The fourth-order valence-corrected chi connectivity index (χ4v) is 3.23. The standard InChI is InChI=1S/C13H18ClNO2.C10H8ClNO.H2O4S/c1-4-17-10(3)13(16)15-8-11-7-5-6-9(2)12(11)14;1-6-2-3-7-4-9(13)12-5-8(7)10(6)11;1-5(2,3)4/h5-7,10H,4,8H2,1-3H3,(H,15,16);2-5H,1H3,(H,12,13);(H2,1,2,3,4). The number of carbonyl (C=O) groups excluding carboxylic acids is 1. The molecule has 1 aromatic heterocycles. The van der Waals surface area contributed by atoms with Gasteiger partial charge in [0.15, 0.2) is 0 Å². The maximum absolute atomic E-state index is 11.6. The number of aromatic nitrogens is 1. The van der Waals surface area contributed by atoms with Crippen LogP contribution in [0.4, 0.5) is 0 Å². The third kappa shape index (κ3) is 11.2. The Morgan fingerprint density at radius 2 is 1.71 bits per heavy atom. The van der Waals surface area contributed by atoms with Crippen LogP contribution in [0.2, 0.25) is 10.0 Å². The predicted octanol–water partition coefficient (Wildman–Crippen LogP) is 4.53. The van der Waals surface area contributed by atoms with Gasteiger partial charge in [0, 0.05) is 35.8 Å². The molecule has 0 radical (unpaired) electrons. The van der Waals surface area contributed by atoms with Crippen molar-refractivity contribution in [3.63, 3.8) is 0 Å². The molecule has 0 saturated heterocycles. The lowest BCUT2D eigenvalue weighted by Crippen LogP contribution is -2.34. The number of hydrogen-bond acceptors (Lipinski definition) is 5. The van der Waals surface area contributed by atoms with Crippen molar-refractivity contribution in [3.8, 4) is 0 Å². The molecule has 0 bridgehead atoms. The molecule has 35 heavy (non-hydrogen) atoms. The number of amides is 1. The van der Waals surface area contributed by atoms with E-state index in [1.165, 1.54) is 0 Å². The van der Waals surface area contributed by atoms with Crippen LogP contribution in [0.25, 0.3) is 10.8 Å². The molecule has 3 aromatic rings. The van der Waals surface area contributed by atoms with Crippen LogP contribution in [-0.4, -0.2) is 41.1 Å². The number of H-pyrrole nitrogens is 1. The van der Waals surface area contributed by atoms with Gasteiger partial charge in [0.2, 0.25) is 11.5 Å². The SMILES string of the molecule is CCOC(C)C(=O)NCc1cccc(C)c1Cl.Cc1ccc2cc(=O)[nH]cc2c1Cl.O=S(=O)(O)O. The lowest BCUT2D eigenvalue weighted by atomic mass is 10.1. The summed E-state index contributed by atoms with van der Waals surface area (Å²) in [5.41, 5.74) is 2.84. The first kappa shape index (κ1) is 30.6. The Hall–Kier alpha value is -2.47. The first-order chi connectivity index (χ1) is 16.2. The first-order valence-corrected chi connectivity index (χ1v) is 12.5. The predicted molar refractivity (Wildman–Crippen MR) is 138 cm³/mol. The second kappa shape index (κ2) is 14.2. The van der Waals surface area contributed by atoms with E-state index >= 15 is 0 Å². The zero-order chi connectivity index (χ0) is 26.8. The number of aromatic amines is 1. The molecule has 0 aliphatic rings. The fraction of sp³-hybridized carbons (Fsp3) is 0.304. The number of hydrogen-bond donors (Lipinski definition) is 4. The third-order valence-corrected chi connectivity index (χ3v) is 5.61. The minimum absolute atomic E-state index is 0.104. The Labute approximate surface area is 214 Å². The molecule has 192 valence electrons. The van der Waals surface area contributed by atoms with Gasteiger partial charge in [-0.2, -0.15) is 8.42 Å². The van der Waals surface area contributed by atoms with E-state index in [1.807, 2.05) is 51.1 Å². The molecule has 3 rings (SSSR count).